The van der Waals surface area contributed by atoms with Crippen LogP contribution in [-0.4, -0.2) is 43.8 Å². The molecule has 21 heavy (non-hydrogen) atoms. The second-order valence-corrected chi connectivity index (χ2v) is 7.24. The van der Waals surface area contributed by atoms with Gasteiger partial charge in [-0.15, -0.1) is 0 Å². The number of hydrogen-bond donors (Lipinski definition) is 1. The molecule has 2 heterocycles. The van der Waals surface area contributed by atoms with Gasteiger partial charge in [-0.2, -0.15) is 5.10 Å². The Kier molecular flexibility index (Phi) is 3.82. The third-order valence-electron chi connectivity index (χ3n) is 5.72. The Balaban J connectivity index is 1.80. The molecule has 1 N–H and O–H groups in total. The van der Waals surface area contributed by atoms with Crippen LogP contribution >= 0.6 is 0 Å². The maximum absolute atomic E-state index is 4.48. The Hall–Kier alpha value is -0.940. The minimum absolute atomic E-state index is 0.207. The SMILES string of the molecule is CCn1ncnc1CN1CC(C)(C2CC2)NCC1(C)CC. The van der Waals surface area contributed by atoms with Gasteiger partial charge < -0.3 is 5.32 Å². The third-order valence-corrected chi connectivity index (χ3v) is 5.72. The van der Waals surface area contributed by atoms with Crippen LogP contribution in [0.4, 0.5) is 0 Å². The van der Waals surface area contributed by atoms with Crippen molar-refractivity contribution in [2.24, 2.45) is 5.92 Å². The van der Waals surface area contributed by atoms with Crippen molar-refractivity contribution in [2.75, 3.05) is 13.1 Å². The van der Waals surface area contributed by atoms with E-state index in [1.807, 2.05) is 4.68 Å². The van der Waals surface area contributed by atoms with E-state index in [4.69, 9.17) is 0 Å². The normalized spacial score (nSPS) is 34.3. The van der Waals surface area contributed by atoms with Gasteiger partial charge in [0.2, 0.25) is 0 Å². The summed E-state index contributed by atoms with van der Waals surface area (Å²) in [5.74, 6) is 1.95. The van der Waals surface area contributed by atoms with E-state index in [0.717, 1.165) is 44.3 Å². The van der Waals surface area contributed by atoms with E-state index in [9.17, 15) is 0 Å². The van der Waals surface area contributed by atoms with E-state index >= 15 is 0 Å². The fourth-order valence-corrected chi connectivity index (χ4v) is 3.58. The first-order valence-corrected chi connectivity index (χ1v) is 8.37. The molecule has 1 aromatic rings. The monoisotopic (exact) mass is 291 g/mol. The summed E-state index contributed by atoms with van der Waals surface area (Å²) in [7, 11) is 0. The van der Waals surface area contributed by atoms with Crippen molar-refractivity contribution in [1.29, 1.82) is 0 Å². The summed E-state index contributed by atoms with van der Waals surface area (Å²) < 4.78 is 2.02. The van der Waals surface area contributed by atoms with E-state index in [2.05, 4.69) is 48.0 Å². The summed E-state index contributed by atoms with van der Waals surface area (Å²) in [4.78, 5) is 7.12. The molecule has 118 valence electrons. The largest absolute Gasteiger partial charge is 0.308 e. The minimum Gasteiger partial charge on any atom is -0.308 e. The Morgan fingerprint density at radius 3 is 2.71 bits per heavy atom. The molecule has 1 saturated heterocycles. The van der Waals surface area contributed by atoms with Crippen molar-refractivity contribution in [3.8, 4) is 0 Å². The molecule has 1 saturated carbocycles. The van der Waals surface area contributed by atoms with Crippen LogP contribution in [-0.2, 0) is 13.1 Å². The number of aryl methyl sites for hydroxylation is 1. The van der Waals surface area contributed by atoms with Crippen molar-refractivity contribution in [1.82, 2.24) is 25.0 Å². The van der Waals surface area contributed by atoms with E-state index in [-0.39, 0.29) is 11.1 Å². The van der Waals surface area contributed by atoms with Crippen LogP contribution in [0.3, 0.4) is 0 Å². The van der Waals surface area contributed by atoms with E-state index in [1.165, 1.54) is 12.8 Å². The van der Waals surface area contributed by atoms with Gasteiger partial charge in [-0.25, -0.2) is 9.67 Å². The standard InChI is InChI=1S/C16H29N5/c1-5-15(3)10-18-16(4,13-7-8-13)11-20(15)9-14-17-12-19-21(14)6-2/h12-13,18H,5-11H2,1-4H3. The van der Waals surface area contributed by atoms with Crippen LogP contribution in [0.15, 0.2) is 6.33 Å². The topological polar surface area (TPSA) is 46.0 Å². The van der Waals surface area contributed by atoms with Gasteiger partial charge in [0.25, 0.3) is 0 Å². The predicted molar refractivity (Wildman–Crippen MR) is 83.9 cm³/mol. The van der Waals surface area contributed by atoms with Gasteiger partial charge in [0.05, 0.1) is 6.54 Å². The lowest BCUT2D eigenvalue weighted by Crippen LogP contribution is -2.68. The lowest BCUT2D eigenvalue weighted by molar-refractivity contribution is 0.00162. The van der Waals surface area contributed by atoms with Crippen molar-refractivity contribution < 1.29 is 0 Å². The summed E-state index contributed by atoms with van der Waals surface area (Å²) in [5.41, 5.74) is 0.477. The number of piperazine rings is 1. The summed E-state index contributed by atoms with van der Waals surface area (Å²) in [6.07, 6.45) is 5.60. The van der Waals surface area contributed by atoms with Crippen LogP contribution in [0, 0.1) is 5.92 Å². The zero-order valence-corrected chi connectivity index (χ0v) is 13.9. The molecule has 1 aromatic heterocycles. The van der Waals surface area contributed by atoms with Gasteiger partial charge in [-0.05, 0) is 46.0 Å². The van der Waals surface area contributed by atoms with E-state index in [0.29, 0.717) is 0 Å². The molecule has 0 amide bonds. The molecule has 2 aliphatic rings. The van der Waals surface area contributed by atoms with Crippen LogP contribution in [0.2, 0.25) is 0 Å². The zero-order chi connectivity index (χ0) is 15.1. The molecule has 0 radical (unpaired) electrons. The molecule has 5 nitrogen and oxygen atoms in total. The fraction of sp³-hybridized carbons (Fsp3) is 0.875. The maximum atomic E-state index is 4.48. The van der Waals surface area contributed by atoms with Gasteiger partial charge in [0.15, 0.2) is 0 Å². The number of nitrogens with zero attached hydrogens (tertiary/aromatic N) is 4. The first-order chi connectivity index (χ1) is 10.0. The molecule has 0 spiro atoms. The molecule has 2 fully saturated rings. The smallest absolute Gasteiger partial charge is 0.141 e. The highest BCUT2D eigenvalue weighted by molar-refractivity contribution is 5.08. The first-order valence-electron chi connectivity index (χ1n) is 8.37. The minimum atomic E-state index is 0.207. The van der Waals surface area contributed by atoms with Gasteiger partial charge in [0, 0.05) is 30.7 Å². The third kappa shape index (κ3) is 2.73. The Morgan fingerprint density at radius 1 is 1.33 bits per heavy atom. The Bertz CT molecular complexity index is 495. The summed E-state index contributed by atoms with van der Waals surface area (Å²) in [6.45, 7) is 13.2. The highest BCUT2D eigenvalue weighted by atomic mass is 15.4. The van der Waals surface area contributed by atoms with Gasteiger partial charge in [-0.3, -0.25) is 4.90 Å². The quantitative estimate of drug-likeness (QED) is 0.902. The van der Waals surface area contributed by atoms with Crippen LogP contribution < -0.4 is 5.32 Å². The molecule has 3 rings (SSSR count). The molecule has 1 aliphatic carbocycles. The Labute approximate surface area is 128 Å². The molecule has 0 bridgehead atoms. The van der Waals surface area contributed by atoms with Gasteiger partial charge in [-0.1, -0.05) is 6.92 Å². The predicted octanol–water partition coefficient (Wildman–Crippen LogP) is 2.04. The summed E-state index contributed by atoms with van der Waals surface area (Å²) in [5, 5.41) is 8.17. The van der Waals surface area contributed by atoms with Crippen LogP contribution in [0.5, 0.6) is 0 Å². The molecule has 0 aromatic carbocycles. The summed E-state index contributed by atoms with van der Waals surface area (Å²) in [6, 6.07) is 0. The molecule has 1 aliphatic heterocycles. The lowest BCUT2D eigenvalue weighted by atomic mass is 9.84. The average molecular weight is 291 g/mol. The second-order valence-electron chi connectivity index (χ2n) is 7.24. The summed E-state index contributed by atoms with van der Waals surface area (Å²) >= 11 is 0. The van der Waals surface area contributed by atoms with Crippen molar-refractivity contribution >= 4 is 0 Å². The van der Waals surface area contributed by atoms with Crippen LogP contribution in [0.25, 0.3) is 0 Å². The lowest BCUT2D eigenvalue weighted by Gasteiger charge is -2.52. The highest BCUT2D eigenvalue weighted by Gasteiger charge is 2.49. The fourth-order valence-electron chi connectivity index (χ4n) is 3.58. The second kappa shape index (κ2) is 5.36. The van der Waals surface area contributed by atoms with E-state index < -0.39 is 0 Å². The molecule has 2 unspecified atom stereocenters. The average Bonchev–Trinajstić information content (AvgIpc) is 3.25. The number of aromatic nitrogens is 3. The number of hydrogen-bond acceptors (Lipinski definition) is 4. The first kappa shape index (κ1) is 15.0. The maximum Gasteiger partial charge on any atom is 0.141 e. The van der Waals surface area contributed by atoms with Gasteiger partial charge >= 0.3 is 0 Å². The molecule has 5 heteroatoms. The van der Waals surface area contributed by atoms with E-state index in [1.54, 1.807) is 6.33 Å². The molecular weight excluding hydrogens is 262 g/mol. The van der Waals surface area contributed by atoms with Crippen molar-refractivity contribution in [3.05, 3.63) is 12.2 Å². The van der Waals surface area contributed by atoms with Crippen molar-refractivity contribution in [3.63, 3.8) is 0 Å². The molecule has 2 atom stereocenters. The van der Waals surface area contributed by atoms with Crippen molar-refractivity contribution in [2.45, 2.75) is 71.1 Å². The zero-order valence-electron chi connectivity index (χ0n) is 13.9. The van der Waals surface area contributed by atoms with Gasteiger partial charge in [0.1, 0.15) is 12.2 Å². The molecular formula is C16H29N5. The highest BCUT2D eigenvalue weighted by Crippen LogP contribution is 2.43. The van der Waals surface area contributed by atoms with Crippen LogP contribution in [0.1, 0.15) is 52.8 Å². The number of nitrogens with one attached hydrogen (secondary N) is 1. The number of rotatable bonds is 5. The Morgan fingerprint density at radius 2 is 2.10 bits per heavy atom.